The van der Waals surface area contributed by atoms with Crippen molar-refractivity contribution >= 4 is 51.5 Å². The van der Waals surface area contributed by atoms with Gasteiger partial charge >= 0.3 is 0 Å². The maximum absolute atomic E-state index is 12.6. The van der Waals surface area contributed by atoms with Crippen LogP contribution < -0.4 is 5.32 Å². The van der Waals surface area contributed by atoms with Crippen LogP contribution in [-0.2, 0) is 4.79 Å². The molecule has 2 aromatic carbocycles. The number of hydrogen-bond acceptors (Lipinski definition) is 4. The normalized spacial score (nSPS) is 12.4. The Hall–Kier alpha value is -2.57. The Labute approximate surface area is 165 Å². The molecule has 27 heavy (non-hydrogen) atoms. The molecular formula is C20H17ClN4OS. The summed E-state index contributed by atoms with van der Waals surface area (Å²) < 4.78 is 2.00. The van der Waals surface area contributed by atoms with E-state index in [0.29, 0.717) is 15.9 Å². The van der Waals surface area contributed by atoms with Crippen molar-refractivity contribution in [2.45, 2.75) is 24.3 Å². The number of carbonyl (C=O) groups excluding carboxylic acids is 1. The fourth-order valence-electron chi connectivity index (χ4n) is 2.94. The number of aromatic nitrogens is 3. The Morgan fingerprint density at radius 2 is 1.89 bits per heavy atom. The summed E-state index contributed by atoms with van der Waals surface area (Å²) in [5.74, 6) is -0.101. The Morgan fingerprint density at radius 1 is 1.15 bits per heavy atom. The largest absolute Gasteiger partial charge is 0.325 e. The number of amides is 1. The second kappa shape index (κ2) is 7.21. The number of thioether (sulfide) groups is 1. The van der Waals surface area contributed by atoms with Crippen molar-refractivity contribution in [1.29, 1.82) is 0 Å². The smallest absolute Gasteiger partial charge is 0.237 e. The molecule has 7 heteroatoms. The predicted molar refractivity (Wildman–Crippen MR) is 111 cm³/mol. The van der Waals surface area contributed by atoms with E-state index < -0.39 is 0 Å². The van der Waals surface area contributed by atoms with E-state index in [4.69, 9.17) is 11.6 Å². The van der Waals surface area contributed by atoms with Gasteiger partial charge in [0.05, 0.1) is 10.8 Å². The minimum absolute atomic E-state index is 0.101. The first kappa shape index (κ1) is 17.8. The molecule has 0 fully saturated rings. The van der Waals surface area contributed by atoms with Gasteiger partial charge in [0.2, 0.25) is 5.91 Å². The predicted octanol–water partition coefficient (Wildman–Crippen LogP) is 4.96. The molecule has 0 saturated heterocycles. The minimum Gasteiger partial charge on any atom is -0.325 e. The number of nitrogens with one attached hydrogen (secondary N) is 1. The molecule has 0 aliphatic rings. The number of rotatable bonds is 4. The molecule has 5 nitrogen and oxygen atoms in total. The van der Waals surface area contributed by atoms with Crippen LogP contribution in [0.1, 0.15) is 12.5 Å². The van der Waals surface area contributed by atoms with Crippen LogP contribution in [0.15, 0.2) is 59.8 Å². The molecule has 0 radical (unpaired) electrons. The summed E-state index contributed by atoms with van der Waals surface area (Å²) in [5, 5.41) is 13.6. The summed E-state index contributed by atoms with van der Waals surface area (Å²) in [6, 6.07) is 17.2. The van der Waals surface area contributed by atoms with Crippen LogP contribution in [0.3, 0.4) is 0 Å². The van der Waals surface area contributed by atoms with Gasteiger partial charge in [-0.15, -0.1) is 10.2 Å². The number of halogens is 1. The average Bonchev–Trinajstić information content (AvgIpc) is 3.06. The van der Waals surface area contributed by atoms with E-state index in [1.807, 2.05) is 35.6 Å². The van der Waals surface area contributed by atoms with Crippen molar-refractivity contribution in [3.05, 3.63) is 65.2 Å². The first-order chi connectivity index (χ1) is 13.0. The second-order valence-corrected chi connectivity index (χ2v) is 8.02. The van der Waals surface area contributed by atoms with Gasteiger partial charge in [-0.3, -0.25) is 9.20 Å². The van der Waals surface area contributed by atoms with E-state index in [1.165, 1.54) is 11.8 Å². The fraction of sp³-hybridized carbons (Fsp3) is 0.150. The Morgan fingerprint density at radius 3 is 2.67 bits per heavy atom. The van der Waals surface area contributed by atoms with Crippen LogP contribution in [0.5, 0.6) is 0 Å². The highest BCUT2D eigenvalue weighted by Crippen LogP contribution is 2.28. The molecule has 0 aliphatic carbocycles. The molecule has 136 valence electrons. The lowest BCUT2D eigenvalue weighted by Gasteiger charge is -2.12. The van der Waals surface area contributed by atoms with E-state index in [9.17, 15) is 4.79 Å². The first-order valence-electron chi connectivity index (χ1n) is 8.49. The van der Waals surface area contributed by atoms with Gasteiger partial charge in [0.15, 0.2) is 10.8 Å². The number of hydrogen-bond donors (Lipinski definition) is 1. The van der Waals surface area contributed by atoms with Crippen LogP contribution in [0.25, 0.3) is 16.6 Å². The quantitative estimate of drug-likeness (QED) is 0.495. The van der Waals surface area contributed by atoms with E-state index in [1.54, 1.807) is 24.3 Å². The number of pyridine rings is 1. The van der Waals surface area contributed by atoms with Crippen molar-refractivity contribution in [3.8, 4) is 0 Å². The van der Waals surface area contributed by atoms with Gasteiger partial charge in [-0.25, -0.2) is 0 Å². The summed E-state index contributed by atoms with van der Waals surface area (Å²) in [4.78, 5) is 12.6. The third kappa shape index (κ3) is 3.50. The molecular weight excluding hydrogens is 380 g/mol. The summed E-state index contributed by atoms with van der Waals surface area (Å²) in [6.45, 7) is 3.92. The second-order valence-electron chi connectivity index (χ2n) is 6.28. The zero-order chi connectivity index (χ0) is 19.0. The number of benzene rings is 2. The van der Waals surface area contributed by atoms with Crippen molar-refractivity contribution in [2.24, 2.45) is 0 Å². The molecule has 0 unspecified atom stereocenters. The zero-order valence-corrected chi connectivity index (χ0v) is 16.4. The zero-order valence-electron chi connectivity index (χ0n) is 14.8. The molecule has 4 rings (SSSR count). The maximum Gasteiger partial charge on any atom is 0.237 e. The standard InChI is InChI=1S/C20H17ClN4OS/c1-12-11-18-23-24-20(25(18)17-6-4-3-5-16(12)17)27-13(2)19(26)22-15-9-7-14(21)8-10-15/h3-11,13H,1-2H3,(H,22,26)/t13-/m0/s1. The number of anilines is 1. The highest BCUT2D eigenvalue weighted by Gasteiger charge is 2.19. The maximum atomic E-state index is 12.6. The van der Waals surface area contributed by atoms with Gasteiger partial charge in [0.1, 0.15) is 0 Å². The van der Waals surface area contributed by atoms with Gasteiger partial charge < -0.3 is 5.32 Å². The van der Waals surface area contributed by atoms with E-state index in [2.05, 4.69) is 28.5 Å². The lowest BCUT2D eigenvalue weighted by atomic mass is 10.1. The number of nitrogens with zero attached hydrogens (tertiary/aromatic N) is 3. The Balaban J connectivity index is 1.62. The van der Waals surface area contributed by atoms with E-state index in [-0.39, 0.29) is 11.2 Å². The Bertz CT molecular complexity index is 1140. The third-order valence-corrected chi connectivity index (χ3v) is 5.63. The SMILES string of the molecule is Cc1cc2nnc(S[C@@H](C)C(=O)Nc3ccc(Cl)cc3)n2c2ccccc12. The summed E-state index contributed by atoms with van der Waals surface area (Å²) in [5.41, 5.74) is 3.67. The molecule has 1 N–H and O–H groups in total. The molecule has 0 bridgehead atoms. The molecule has 2 heterocycles. The van der Waals surface area contributed by atoms with Crippen LogP contribution in [0.4, 0.5) is 5.69 Å². The fourth-order valence-corrected chi connectivity index (χ4v) is 3.93. The topological polar surface area (TPSA) is 59.3 Å². The highest BCUT2D eigenvalue weighted by atomic mass is 35.5. The average molecular weight is 397 g/mol. The number of fused-ring (bicyclic) bond motifs is 3. The molecule has 1 amide bonds. The molecule has 1 atom stereocenters. The monoisotopic (exact) mass is 396 g/mol. The van der Waals surface area contributed by atoms with Gasteiger partial charge in [-0.05, 0) is 55.8 Å². The summed E-state index contributed by atoms with van der Waals surface area (Å²) in [7, 11) is 0. The van der Waals surface area contributed by atoms with Crippen LogP contribution in [0.2, 0.25) is 5.02 Å². The van der Waals surface area contributed by atoms with E-state index >= 15 is 0 Å². The lowest BCUT2D eigenvalue weighted by Crippen LogP contribution is -2.22. The van der Waals surface area contributed by atoms with Crippen LogP contribution >= 0.6 is 23.4 Å². The Kier molecular flexibility index (Phi) is 4.76. The highest BCUT2D eigenvalue weighted by molar-refractivity contribution is 8.00. The molecule has 0 aliphatic heterocycles. The number of aryl methyl sites for hydroxylation is 1. The van der Waals surface area contributed by atoms with Gasteiger partial charge in [-0.1, -0.05) is 41.6 Å². The first-order valence-corrected chi connectivity index (χ1v) is 9.75. The van der Waals surface area contributed by atoms with Crippen LogP contribution in [-0.4, -0.2) is 25.8 Å². The van der Waals surface area contributed by atoms with Gasteiger partial charge in [-0.2, -0.15) is 0 Å². The molecule has 4 aromatic rings. The van der Waals surface area contributed by atoms with Crippen molar-refractivity contribution < 1.29 is 4.79 Å². The minimum atomic E-state index is -0.340. The van der Waals surface area contributed by atoms with Crippen molar-refractivity contribution in [3.63, 3.8) is 0 Å². The number of carbonyl (C=O) groups is 1. The summed E-state index contributed by atoms with van der Waals surface area (Å²) >= 11 is 7.27. The van der Waals surface area contributed by atoms with Crippen LogP contribution in [0, 0.1) is 6.92 Å². The van der Waals surface area contributed by atoms with E-state index in [0.717, 1.165) is 22.1 Å². The lowest BCUT2D eigenvalue weighted by molar-refractivity contribution is -0.115. The summed E-state index contributed by atoms with van der Waals surface area (Å²) in [6.07, 6.45) is 0. The third-order valence-electron chi connectivity index (χ3n) is 4.34. The molecule has 0 saturated carbocycles. The number of para-hydroxylation sites is 1. The molecule has 2 aromatic heterocycles. The van der Waals surface area contributed by atoms with Gasteiger partial charge in [0.25, 0.3) is 0 Å². The van der Waals surface area contributed by atoms with Crippen molar-refractivity contribution in [1.82, 2.24) is 14.6 Å². The van der Waals surface area contributed by atoms with Gasteiger partial charge in [0, 0.05) is 16.1 Å². The van der Waals surface area contributed by atoms with Crippen molar-refractivity contribution in [2.75, 3.05) is 5.32 Å². The molecule has 0 spiro atoms.